The van der Waals surface area contributed by atoms with Crippen LogP contribution in [-0.4, -0.2) is 48.7 Å². The van der Waals surface area contributed by atoms with Gasteiger partial charge in [-0.05, 0) is 0 Å². The first-order chi connectivity index (χ1) is 9.17. The van der Waals surface area contributed by atoms with Crippen LogP contribution in [0.5, 0.6) is 0 Å². The second kappa shape index (κ2) is 6.04. The fourth-order valence-electron chi connectivity index (χ4n) is 1.76. The van der Waals surface area contributed by atoms with Crippen molar-refractivity contribution >= 4 is 28.9 Å². The smallest absolute Gasteiger partial charge is 0.280 e. The minimum atomic E-state index is -0.392. The Morgan fingerprint density at radius 2 is 2.26 bits per heavy atom. The molecule has 0 fully saturated rings. The van der Waals surface area contributed by atoms with Gasteiger partial charge < -0.3 is 20.5 Å². The van der Waals surface area contributed by atoms with Crippen LogP contribution in [0.25, 0.3) is 11.2 Å². The van der Waals surface area contributed by atoms with Gasteiger partial charge in [0.25, 0.3) is 5.56 Å². The minimum absolute atomic E-state index is 0.0125. The molecule has 5 N–H and O–H groups in total. The number of imidazole rings is 1. The number of aromatic amines is 1. The van der Waals surface area contributed by atoms with Crippen molar-refractivity contribution in [2.75, 3.05) is 24.7 Å². The average molecular weight is 285 g/mol. The van der Waals surface area contributed by atoms with Gasteiger partial charge in [-0.2, -0.15) is 4.98 Å². The largest absolute Gasteiger partial charge is 0.396 e. The summed E-state index contributed by atoms with van der Waals surface area (Å²) in [6.07, 6.45) is 1.96. The van der Waals surface area contributed by atoms with Gasteiger partial charge in [0.1, 0.15) is 0 Å². The van der Waals surface area contributed by atoms with Crippen LogP contribution in [0.15, 0.2) is 11.1 Å². The quantitative estimate of drug-likeness (QED) is 0.552. The number of nitrogens with zero attached hydrogens (tertiary/aromatic N) is 3. The molecule has 2 heterocycles. The standard InChI is InChI=1S/C10H15N5O3S/c11-10-13-8-7(9(18)14-10)12-5-15(8)6(1-2-16)19-4-3-17/h5-6,16-17H,1-4H2,(H3,11,13,14,18)/t6-/m1/s1. The number of hydrogen-bond donors (Lipinski definition) is 4. The highest BCUT2D eigenvalue weighted by molar-refractivity contribution is 7.99. The highest BCUT2D eigenvalue weighted by atomic mass is 32.2. The molecule has 0 amide bonds. The molecule has 0 aliphatic carbocycles. The lowest BCUT2D eigenvalue weighted by Gasteiger charge is -2.16. The molecule has 2 aromatic heterocycles. The summed E-state index contributed by atoms with van der Waals surface area (Å²) in [6.45, 7) is 0.0246. The third-order valence-electron chi connectivity index (χ3n) is 2.54. The number of hydrogen-bond acceptors (Lipinski definition) is 7. The molecular formula is C10H15N5O3S. The number of nitrogens with one attached hydrogen (secondary N) is 1. The number of aliphatic hydroxyl groups is 2. The maximum absolute atomic E-state index is 11.7. The second-order valence-corrected chi connectivity index (χ2v) is 5.12. The molecule has 104 valence electrons. The Bertz CT molecular complexity index is 611. The number of fused-ring (bicyclic) bond motifs is 1. The van der Waals surface area contributed by atoms with Gasteiger partial charge >= 0.3 is 0 Å². The van der Waals surface area contributed by atoms with Gasteiger partial charge in [0.05, 0.1) is 18.3 Å². The summed E-state index contributed by atoms with van der Waals surface area (Å²) in [5, 5.41) is 17.8. The first kappa shape index (κ1) is 13.8. The van der Waals surface area contributed by atoms with Crippen molar-refractivity contribution in [3.05, 3.63) is 16.7 Å². The average Bonchev–Trinajstić information content (AvgIpc) is 2.78. The number of H-pyrrole nitrogens is 1. The van der Waals surface area contributed by atoms with Crippen LogP contribution in [0, 0.1) is 0 Å². The van der Waals surface area contributed by atoms with E-state index >= 15 is 0 Å². The van der Waals surface area contributed by atoms with E-state index in [4.69, 9.17) is 15.9 Å². The van der Waals surface area contributed by atoms with Gasteiger partial charge in [-0.25, -0.2) is 4.98 Å². The first-order valence-electron chi connectivity index (χ1n) is 5.73. The SMILES string of the molecule is Nc1nc2c(ncn2[C@@H](CCO)SCCO)c(=O)[nH]1. The molecule has 0 aromatic carbocycles. The Hall–Kier alpha value is -1.58. The molecule has 8 nitrogen and oxygen atoms in total. The van der Waals surface area contributed by atoms with Crippen molar-refractivity contribution in [1.29, 1.82) is 0 Å². The fourth-order valence-corrected chi connectivity index (χ4v) is 2.72. The first-order valence-corrected chi connectivity index (χ1v) is 6.78. The maximum atomic E-state index is 11.7. The van der Waals surface area contributed by atoms with Crippen LogP contribution in [-0.2, 0) is 0 Å². The maximum Gasteiger partial charge on any atom is 0.280 e. The Morgan fingerprint density at radius 1 is 1.47 bits per heavy atom. The molecule has 19 heavy (non-hydrogen) atoms. The van der Waals surface area contributed by atoms with E-state index < -0.39 is 5.56 Å². The predicted octanol–water partition coefficient (Wildman–Crippen LogP) is -0.692. The number of aliphatic hydroxyl groups excluding tert-OH is 2. The van der Waals surface area contributed by atoms with Gasteiger partial charge in [-0.15, -0.1) is 11.8 Å². The predicted molar refractivity (Wildman–Crippen MR) is 72.8 cm³/mol. The van der Waals surface area contributed by atoms with Crippen molar-refractivity contribution < 1.29 is 10.2 Å². The van der Waals surface area contributed by atoms with Crippen LogP contribution in [0.2, 0.25) is 0 Å². The number of nitrogens with two attached hydrogens (primary N) is 1. The van der Waals surface area contributed by atoms with E-state index in [1.54, 1.807) is 4.57 Å². The molecule has 0 aliphatic rings. The molecule has 2 aromatic rings. The van der Waals surface area contributed by atoms with Crippen molar-refractivity contribution in [1.82, 2.24) is 19.5 Å². The lowest BCUT2D eigenvalue weighted by atomic mass is 10.4. The second-order valence-electron chi connectivity index (χ2n) is 3.84. The monoisotopic (exact) mass is 285 g/mol. The zero-order valence-electron chi connectivity index (χ0n) is 10.1. The van der Waals surface area contributed by atoms with Gasteiger partial charge in [0.2, 0.25) is 5.95 Å². The lowest BCUT2D eigenvalue weighted by Crippen LogP contribution is -2.14. The number of anilines is 1. The normalized spacial score (nSPS) is 12.9. The van der Waals surface area contributed by atoms with Crippen molar-refractivity contribution in [2.45, 2.75) is 11.8 Å². The topological polar surface area (TPSA) is 130 Å². The van der Waals surface area contributed by atoms with Crippen LogP contribution in [0.1, 0.15) is 11.8 Å². The van der Waals surface area contributed by atoms with Crippen LogP contribution in [0.4, 0.5) is 5.95 Å². The van der Waals surface area contributed by atoms with Gasteiger partial charge in [0, 0.05) is 18.8 Å². The third kappa shape index (κ3) is 2.88. The molecule has 1 atom stereocenters. The van der Waals surface area contributed by atoms with Crippen LogP contribution in [0.3, 0.4) is 0 Å². The van der Waals surface area contributed by atoms with E-state index in [1.807, 2.05) is 0 Å². The van der Waals surface area contributed by atoms with Gasteiger partial charge in [0.15, 0.2) is 11.2 Å². The Kier molecular flexibility index (Phi) is 4.40. The van der Waals surface area contributed by atoms with E-state index in [1.165, 1.54) is 18.1 Å². The number of nitrogen functional groups attached to an aromatic ring is 1. The summed E-state index contributed by atoms with van der Waals surface area (Å²) in [5.74, 6) is 0.539. The molecule has 0 bridgehead atoms. The summed E-state index contributed by atoms with van der Waals surface area (Å²) < 4.78 is 1.69. The molecule has 0 saturated carbocycles. The van der Waals surface area contributed by atoms with E-state index in [-0.39, 0.29) is 30.1 Å². The van der Waals surface area contributed by atoms with Crippen molar-refractivity contribution in [3.63, 3.8) is 0 Å². The fraction of sp³-hybridized carbons (Fsp3) is 0.500. The Balaban J connectivity index is 2.44. The highest BCUT2D eigenvalue weighted by Crippen LogP contribution is 2.28. The molecule has 0 radical (unpaired) electrons. The highest BCUT2D eigenvalue weighted by Gasteiger charge is 2.17. The molecule has 2 rings (SSSR count). The summed E-state index contributed by atoms with van der Waals surface area (Å²) >= 11 is 1.45. The zero-order valence-corrected chi connectivity index (χ0v) is 10.9. The Morgan fingerprint density at radius 3 is 2.95 bits per heavy atom. The lowest BCUT2D eigenvalue weighted by molar-refractivity contribution is 0.278. The molecule has 0 unspecified atom stereocenters. The van der Waals surface area contributed by atoms with Crippen LogP contribution >= 0.6 is 11.8 Å². The molecule has 0 spiro atoms. The molecule has 9 heteroatoms. The summed E-state index contributed by atoms with van der Waals surface area (Å²) in [4.78, 5) is 22.1. The van der Waals surface area contributed by atoms with E-state index in [9.17, 15) is 4.79 Å². The number of thioether (sulfide) groups is 1. The summed E-state index contributed by atoms with van der Waals surface area (Å²) in [6, 6.07) is 0. The zero-order chi connectivity index (χ0) is 13.8. The summed E-state index contributed by atoms with van der Waals surface area (Å²) in [5.41, 5.74) is 5.72. The minimum Gasteiger partial charge on any atom is -0.396 e. The van der Waals surface area contributed by atoms with E-state index in [0.717, 1.165) is 0 Å². The number of rotatable bonds is 6. The number of aromatic nitrogens is 4. The molecule has 0 saturated heterocycles. The summed E-state index contributed by atoms with van der Waals surface area (Å²) in [7, 11) is 0. The van der Waals surface area contributed by atoms with E-state index in [0.29, 0.717) is 17.8 Å². The van der Waals surface area contributed by atoms with E-state index in [2.05, 4.69) is 15.0 Å². The van der Waals surface area contributed by atoms with Crippen molar-refractivity contribution in [2.24, 2.45) is 0 Å². The van der Waals surface area contributed by atoms with Gasteiger partial charge in [-0.3, -0.25) is 9.78 Å². The van der Waals surface area contributed by atoms with Crippen LogP contribution < -0.4 is 11.3 Å². The Labute approximate surface area is 112 Å². The van der Waals surface area contributed by atoms with Crippen molar-refractivity contribution in [3.8, 4) is 0 Å². The molecular weight excluding hydrogens is 270 g/mol. The molecule has 0 aliphatic heterocycles. The third-order valence-corrected chi connectivity index (χ3v) is 3.80. The van der Waals surface area contributed by atoms with Gasteiger partial charge in [-0.1, -0.05) is 0 Å².